The van der Waals surface area contributed by atoms with Gasteiger partial charge in [0.15, 0.2) is 4.67 Å². The summed E-state index contributed by atoms with van der Waals surface area (Å²) in [6, 6.07) is 2.11. The third kappa shape index (κ3) is 2.16. The van der Waals surface area contributed by atoms with E-state index in [9.17, 15) is 0 Å². The van der Waals surface area contributed by atoms with Gasteiger partial charge in [-0.3, -0.25) is 0 Å². The molecule has 1 aromatic heterocycles. The predicted octanol–water partition coefficient (Wildman–Crippen LogP) is 4.34. The molecule has 0 amide bonds. The molecule has 0 radical (unpaired) electrons. The summed E-state index contributed by atoms with van der Waals surface area (Å²) >= 11 is 3.34. The molecule has 0 atom stereocenters. The molecule has 0 aliphatic heterocycles. The summed E-state index contributed by atoms with van der Waals surface area (Å²) in [6.07, 6.45) is 7.28. The van der Waals surface area contributed by atoms with Crippen molar-refractivity contribution in [2.24, 2.45) is 5.92 Å². The number of rotatable bonds is 1. The Kier molecular flexibility index (Phi) is 2.77. The van der Waals surface area contributed by atoms with Gasteiger partial charge in [0.1, 0.15) is 0 Å². The highest BCUT2D eigenvalue weighted by molar-refractivity contribution is 9.10. The molecule has 1 aliphatic carbocycles. The Labute approximate surface area is 87.6 Å². The Morgan fingerprint density at radius 3 is 2.54 bits per heavy atom. The molecule has 0 spiro atoms. The van der Waals surface area contributed by atoms with Crippen LogP contribution in [0.5, 0.6) is 0 Å². The normalized spacial score (nSPS) is 29.1. The minimum absolute atomic E-state index is 0.742. The van der Waals surface area contributed by atoms with E-state index in [0.717, 1.165) is 16.5 Å². The van der Waals surface area contributed by atoms with E-state index in [1.165, 1.54) is 31.2 Å². The average Bonchev–Trinajstić information content (AvgIpc) is 2.53. The summed E-state index contributed by atoms with van der Waals surface area (Å²) in [6.45, 7) is 2.35. The second-order valence-electron chi connectivity index (χ2n) is 4.14. The van der Waals surface area contributed by atoms with Crippen molar-refractivity contribution in [3.63, 3.8) is 0 Å². The zero-order valence-electron chi connectivity index (χ0n) is 7.92. The molecule has 2 rings (SSSR count). The van der Waals surface area contributed by atoms with Gasteiger partial charge in [-0.15, -0.1) is 0 Å². The maximum absolute atomic E-state index is 5.26. The van der Waals surface area contributed by atoms with E-state index in [2.05, 4.69) is 28.9 Å². The zero-order valence-corrected chi connectivity index (χ0v) is 9.51. The van der Waals surface area contributed by atoms with Crippen LogP contribution in [0.1, 0.15) is 44.1 Å². The topological polar surface area (TPSA) is 13.1 Å². The Bertz CT molecular complexity index is 271. The van der Waals surface area contributed by atoms with Crippen LogP contribution in [0.15, 0.2) is 21.4 Å². The first-order valence-electron chi connectivity index (χ1n) is 4.99. The third-order valence-corrected chi connectivity index (χ3v) is 3.49. The molecule has 1 aromatic rings. The van der Waals surface area contributed by atoms with Gasteiger partial charge in [0.25, 0.3) is 0 Å². The summed E-state index contributed by atoms with van der Waals surface area (Å²) in [4.78, 5) is 0. The highest BCUT2D eigenvalue weighted by atomic mass is 79.9. The van der Waals surface area contributed by atoms with E-state index in [4.69, 9.17) is 4.42 Å². The predicted molar refractivity (Wildman–Crippen MR) is 56.8 cm³/mol. The van der Waals surface area contributed by atoms with Crippen LogP contribution < -0.4 is 0 Å². The molecule has 1 nitrogen and oxygen atoms in total. The first-order chi connectivity index (χ1) is 6.25. The van der Waals surface area contributed by atoms with Crippen LogP contribution in [0.3, 0.4) is 0 Å². The third-order valence-electron chi connectivity index (χ3n) is 3.07. The Balaban J connectivity index is 2.02. The van der Waals surface area contributed by atoms with E-state index in [-0.39, 0.29) is 0 Å². The quantitative estimate of drug-likeness (QED) is 0.715. The number of furan rings is 1. The lowest BCUT2D eigenvalue weighted by atomic mass is 9.80. The van der Waals surface area contributed by atoms with Crippen molar-refractivity contribution >= 4 is 15.9 Å². The molecule has 2 heteroatoms. The van der Waals surface area contributed by atoms with Crippen molar-refractivity contribution < 1.29 is 4.42 Å². The lowest BCUT2D eigenvalue weighted by Crippen LogP contribution is -2.09. The van der Waals surface area contributed by atoms with Gasteiger partial charge in [0.05, 0.1) is 6.26 Å². The SMILES string of the molecule is CC1CCC(c2coc(Br)c2)CC1. The van der Waals surface area contributed by atoms with E-state index >= 15 is 0 Å². The van der Waals surface area contributed by atoms with Crippen LogP contribution in [-0.2, 0) is 0 Å². The molecule has 1 heterocycles. The molecule has 1 saturated carbocycles. The maximum atomic E-state index is 5.26. The van der Waals surface area contributed by atoms with E-state index in [1.807, 2.05) is 6.26 Å². The Morgan fingerprint density at radius 2 is 2.00 bits per heavy atom. The Hall–Kier alpha value is -0.240. The van der Waals surface area contributed by atoms with Crippen molar-refractivity contribution in [2.75, 3.05) is 0 Å². The van der Waals surface area contributed by atoms with E-state index in [1.54, 1.807) is 0 Å². The highest BCUT2D eigenvalue weighted by Gasteiger charge is 2.20. The zero-order chi connectivity index (χ0) is 9.26. The van der Waals surface area contributed by atoms with Crippen molar-refractivity contribution in [1.82, 2.24) is 0 Å². The van der Waals surface area contributed by atoms with Crippen LogP contribution in [-0.4, -0.2) is 0 Å². The largest absolute Gasteiger partial charge is 0.457 e. The van der Waals surface area contributed by atoms with Crippen LogP contribution in [0.25, 0.3) is 0 Å². The smallest absolute Gasteiger partial charge is 0.169 e. The number of halogens is 1. The second-order valence-corrected chi connectivity index (χ2v) is 4.92. The molecule has 0 aromatic carbocycles. The summed E-state index contributed by atoms with van der Waals surface area (Å²) in [5.41, 5.74) is 1.37. The van der Waals surface area contributed by atoms with Crippen LogP contribution in [0.2, 0.25) is 0 Å². The summed E-state index contributed by atoms with van der Waals surface area (Å²) in [5, 5.41) is 0. The molecule has 1 fully saturated rings. The first-order valence-corrected chi connectivity index (χ1v) is 5.79. The van der Waals surface area contributed by atoms with Gasteiger partial charge in [-0.05, 0) is 52.2 Å². The van der Waals surface area contributed by atoms with Crippen LogP contribution in [0, 0.1) is 5.92 Å². The standard InChI is InChI=1S/C11H15BrO/c1-8-2-4-9(5-3-8)10-6-11(12)13-7-10/h6-9H,2-5H2,1H3. The molecule has 0 N–H and O–H groups in total. The fourth-order valence-electron chi connectivity index (χ4n) is 2.13. The number of hydrogen-bond donors (Lipinski definition) is 0. The van der Waals surface area contributed by atoms with Gasteiger partial charge in [-0.2, -0.15) is 0 Å². The molecular formula is C11H15BrO. The molecular weight excluding hydrogens is 228 g/mol. The fraction of sp³-hybridized carbons (Fsp3) is 0.636. The molecule has 13 heavy (non-hydrogen) atoms. The molecule has 0 unspecified atom stereocenters. The molecule has 1 aliphatic rings. The molecule has 0 saturated heterocycles. The maximum Gasteiger partial charge on any atom is 0.169 e. The minimum Gasteiger partial charge on any atom is -0.457 e. The van der Waals surface area contributed by atoms with Gasteiger partial charge in [-0.1, -0.05) is 19.8 Å². The van der Waals surface area contributed by atoms with Crippen LogP contribution >= 0.6 is 15.9 Å². The highest BCUT2D eigenvalue weighted by Crippen LogP contribution is 2.36. The average molecular weight is 243 g/mol. The monoisotopic (exact) mass is 242 g/mol. The lowest BCUT2D eigenvalue weighted by molar-refractivity contribution is 0.346. The second kappa shape index (κ2) is 3.87. The summed E-state index contributed by atoms with van der Waals surface area (Å²) < 4.78 is 6.12. The summed E-state index contributed by atoms with van der Waals surface area (Å²) in [7, 11) is 0. The van der Waals surface area contributed by atoms with E-state index in [0.29, 0.717) is 0 Å². The number of hydrogen-bond acceptors (Lipinski definition) is 1. The van der Waals surface area contributed by atoms with Gasteiger partial charge in [0.2, 0.25) is 0 Å². The van der Waals surface area contributed by atoms with Crippen LogP contribution in [0.4, 0.5) is 0 Å². The van der Waals surface area contributed by atoms with Crippen molar-refractivity contribution in [2.45, 2.75) is 38.5 Å². The molecule has 72 valence electrons. The molecule has 0 bridgehead atoms. The van der Waals surface area contributed by atoms with Gasteiger partial charge in [0, 0.05) is 0 Å². The lowest BCUT2D eigenvalue weighted by Gasteiger charge is -2.24. The minimum atomic E-state index is 0.742. The van der Waals surface area contributed by atoms with E-state index < -0.39 is 0 Å². The van der Waals surface area contributed by atoms with Crippen molar-refractivity contribution in [3.8, 4) is 0 Å². The summed E-state index contributed by atoms with van der Waals surface area (Å²) in [5.74, 6) is 1.66. The first kappa shape index (κ1) is 9.32. The van der Waals surface area contributed by atoms with Gasteiger partial charge >= 0.3 is 0 Å². The fourth-order valence-corrected chi connectivity index (χ4v) is 2.49. The Morgan fingerprint density at radius 1 is 1.31 bits per heavy atom. The van der Waals surface area contributed by atoms with Crippen molar-refractivity contribution in [1.29, 1.82) is 0 Å². The van der Waals surface area contributed by atoms with Crippen molar-refractivity contribution in [3.05, 3.63) is 22.6 Å². The van der Waals surface area contributed by atoms with Gasteiger partial charge in [-0.25, -0.2) is 0 Å². The van der Waals surface area contributed by atoms with Gasteiger partial charge < -0.3 is 4.42 Å².